The predicted octanol–water partition coefficient (Wildman–Crippen LogP) is 4.87. The zero-order valence-electron chi connectivity index (χ0n) is 18.9. The molecule has 0 aliphatic heterocycles. The van der Waals surface area contributed by atoms with Crippen LogP contribution in [0.2, 0.25) is 0 Å². The summed E-state index contributed by atoms with van der Waals surface area (Å²) < 4.78 is 12.9. The van der Waals surface area contributed by atoms with Gasteiger partial charge in [0.25, 0.3) is 11.6 Å². The summed E-state index contributed by atoms with van der Waals surface area (Å²) in [6, 6.07) is 13.5. The normalized spacial score (nSPS) is 11.3. The summed E-state index contributed by atoms with van der Waals surface area (Å²) >= 11 is 0. The molecule has 4 heterocycles. The first kappa shape index (κ1) is 20.7. The Morgan fingerprint density at radius 3 is 2.64 bits per heavy atom. The molecular formula is C25H23N5O3. The molecule has 8 heteroatoms. The zero-order valence-corrected chi connectivity index (χ0v) is 18.9. The van der Waals surface area contributed by atoms with E-state index >= 15 is 0 Å². The number of carbonyl (C=O) groups excluding carboxylic acids is 1. The molecule has 1 amide bonds. The van der Waals surface area contributed by atoms with Crippen LogP contribution in [0.5, 0.6) is 0 Å². The van der Waals surface area contributed by atoms with E-state index in [1.807, 2.05) is 56.4 Å². The van der Waals surface area contributed by atoms with Crippen LogP contribution >= 0.6 is 0 Å². The number of amides is 1. The molecule has 0 aliphatic rings. The fraction of sp³-hybridized carbons (Fsp3) is 0.200. The van der Waals surface area contributed by atoms with Gasteiger partial charge in [0.1, 0.15) is 11.5 Å². The van der Waals surface area contributed by atoms with E-state index in [0.29, 0.717) is 34.6 Å². The Kier molecular flexibility index (Phi) is 5.05. The maximum Gasteiger partial charge on any atom is 0.259 e. The Morgan fingerprint density at radius 2 is 1.91 bits per heavy atom. The molecule has 1 aromatic carbocycles. The summed E-state index contributed by atoms with van der Waals surface area (Å²) in [5.74, 6) is 1.36. The van der Waals surface area contributed by atoms with Gasteiger partial charge in [-0.25, -0.2) is 9.67 Å². The van der Waals surface area contributed by atoms with Crippen molar-refractivity contribution >= 4 is 17.0 Å². The minimum atomic E-state index is -0.153. The van der Waals surface area contributed by atoms with Gasteiger partial charge in [-0.2, -0.15) is 5.10 Å². The van der Waals surface area contributed by atoms with Crippen molar-refractivity contribution < 1.29 is 13.7 Å². The fourth-order valence-corrected chi connectivity index (χ4v) is 4.00. The monoisotopic (exact) mass is 441 g/mol. The van der Waals surface area contributed by atoms with Crippen LogP contribution in [-0.2, 0) is 6.54 Å². The van der Waals surface area contributed by atoms with Gasteiger partial charge >= 0.3 is 0 Å². The van der Waals surface area contributed by atoms with Crippen molar-refractivity contribution in [1.82, 2.24) is 24.8 Å². The molecule has 166 valence electrons. The molecular weight excluding hydrogens is 418 g/mol. The first-order valence-corrected chi connectivity index (χ1v) is 10.6. The lowest BCUT2D eigenvalue weighted by atomic mass is 10.0. The minimum absolute atomic E-state index is 0.153. The molecule has 0 radical (unpaired) electrons. The molecule has 0 bridgehead atoms. The molecule has 4 aromatic heterocycles. The van der Waals surface area contributed by atoms with Gasteiger partial charge in [-0.1, -0.05) is 23.4 Å². The Bertz CT molecular complexity index is 1460. The first-order valence-electron chi connectivity index (χ1n) is 10.6. The Balaban J connectivity index is 1.48. The Labute approximate surface area is 190 Å². The van der Waals surface area contributed by atoms with Crippen LogP contribution in [0.1, 0.15) is 33.1 Å². The molecule has 5 rings (SSSR count). The third-order valence-corrected chi connectivity index (χ3v) is 5.59. The van der Waals surface area contributed by atoms with E-state index < -0.39 is 0 Å². The molecule has 8 nitrogen and oxygen atoms in total. The number of aryl methyl sites for hydroxylation is 3. The number of pyridine rings is 1. The van der Waals surface area contributed by atoms with Crippen molar-refractivity contribution in [3.63, 3.8) is 0 Å². The molecule has 0 fully saturated rings. The van der Waals surface area contributed by atoms with Crippen LogP contribution in [0.25, 0.3) is 28.0 Å². The highest BCUT2D eigenvalue weighted by atomic mass is 16.5. The van der Waals surface area contributed by atoms with Crippen molar-refractivity contribution in [3.05, 3.63) is 83.2 Å². The SMILES string of the molecule is Cc1cc(-c2cc(C(=O)N(C)Cc3cnn(-c4ccccc4)c3)c3c(C)noc3n2)c(C)o1. The van der Waals surface area contributed by atoms with Gasteiger partial charge in [0, 0.05) is 30.9 Å². The molecule has 33 heavy (non-hydrogen) atoms. The average Bonchev–Trinajstić information content (AvgIpc) is 3.52. The van der Waals surface area contributed by atoms with Gasteiger partial charge in [-0.15, -0.1) is 0 Å². The van der Waals surface area contributed by atoms with Gasteiger partial charge in [-0.05, 0) is 45.0 Å². The second-order valence-corrected chi connectivity index (χ2v) is 8.12. The maximum atomic E-state index is 13.5. The number of para-hydroxylation sites is 1. The molecule has 0 unspecified atom stereocenters. The van der Waals surface area contributed by atoms with E-state index in [-0.39, 0.29) is 5.91 Å². The quantitative estimate of drug-likeness (QED) is 0.387. The number of hydrogen-bond acceptors (Lipinski definition) is 6. The van der Waals surface area contributed by atoms with E-state index in [0.717, 1.165) is 28.3 Å². The summed E-state index contributed by atoms with van der Waals surface area (Å²) in [5.41, 5.74) is 4.76. The third-order valence-electron chi connectivity index (χ3n) is 5.59. The predicted molar refractivity (Wildman–Crippen MR) is 123 cm³/mol. The Hall–Kier alpha value is -4.20. The number of aromatic nitrogens is 4. The standard InChI is InChI=1S/C25H23N5O3/c1-15-10-20(17(3)32-15)22-11-21(23-16(2)28-33-24(23)27-22)25(31)29(4)13-18-12-26-30(14-18)19-8-6-5-7-9-19/h5-12,14H,13H2,1-4H3. The lowest BCUT2D eigenvalue weighted by Crippen LogP contribution is -2.26. The number of nitrogens with zero attached hydrogens (tertiary/aromatic N) is 5. The summed E-state index contributed by atoms with van der Waals surface area (Å²) in [5, 5.41) is 9.08. The average molecular weight is 441 g/mol. The van der Waals surface area contributed by atoms with E-state index in [1.165, 1.54) is 0 Å². The molecule has 0 N–H and O–H groups in total. The van der Waals surface area contributed by atoms with Crippen LogP contribution < -0.4 is 0 Å². The van der Waals surface area contributed by atoms with Gasteiger partial charge in [0.05, 0.1) is 34.2 Å². The van der Waals surface area contributed by atoms with Crippen molar-refractivity contribution in [2.75, 3.05) is 7.05 Å². The van der Waals surface area contributed by atoms with E-state index in [9.17, 15) is 4.79 Å². The smallest absolute Gasteiger partial charge is 0.259 e. The maximum absolute atomic E-state index is 13.5. The van der Waals surface area contributed by atoms with Crippen LogP contribution in [-0.4, -0.2) is 37.8 Å². The highest BCUT2D eigenvalue weighted by Crippen LogP contribution is 2.31. The van der Waals surface area contributed by atoms with Crippen LogP contribution in [0, 0.1) is 20.8 Å². The van der Waals surface area contributed by atoms with Crippen LogP contribution in [0.4, 0.5) is 0 Å². The number of carbonyl (C=O) groups is 1. The third kappa shape index (κ3) is 3.80. The van der Waals surface area contributed by atoms with Crippen molar-refractivity contribution in [3.8, 4) is 16.9 Å². The molecule has 0 saturated heterocycles. The second-order valence-electron chi connectivity index (χ2n) is 8.12. The van der Waals surface area contributed by atoms with Gasteiger partial charge in [-0.3, -0.25) is 4.79 Å². The number of hydrogen-bond donors (Lipinski definition) is 0. The topological polar surface area (TPSA) is 90.2 Å². The summed E-state index contributed by atoms with van der Waals surface area (Å²) in [7, 11) is 1.77. The first-order chi connectivity index (χ1) is 15.9. The highest BCUT2D eigenvalue weighted by molar-refractivity contribution is 6.06. The fourth-order valence-electron chi connectivity index (χ4n) is 4.00. The van der Waals surface area contributed by atoms with Crippen LogP contribution in [0.3, 0.4) is 0 Å². The number of fused-ring (bicyclic) bond motifs is 1. The number of furan rings is 1. The number of rotatable bonds is 5. The largest absolute Gasteiger partial charge is 0.466 e. The lowest BCUT2D eigenvalue weighted by molar-refractivity contribution is 0.0787. The summed E-state index contributed by atoms with van der Waals surface area (Å²) in [6.45, 7) is 5.96. The van der Waals surface area contributed by atoms with E-state index in [2.05, 4.69) is 15.2 Å². The van der Waals surface area contributed by atoms with E-state index in [4.69, 9.17) is 8.94 Å². The molecule has 5 aromatic rings. The molecule has 0 spiro atoms. The van der Waals surface area contributed by atoms with E-state index in [1.54, 1.807) is 35.8 Å². The molecule has 0 saturated carbocycles. The lowest BCUT2D eigenvalue weighted by Gasteiger charge is -2.17. The number of benzene rings is 1. The highest BCUT2D eigenvalue weighted by Gasteiger charge is 2.23. The van der Waals surface area contributed by atoms with Gasteiger partial charge in [0.2, 0.25) is 0 Å². The van der Waals surface area contributed by atoms with Gasteiger partial charge < -0.3 is 13.8 Å². The summed E-state index contributed by atoms with van der Waals surface area (Å²) in [4.78, 5) is 19.8. The van der Waals surface area contributed by atoms with Crippen molar-refractivity contribution in [2.45, 2.75) is 27.3 Å². The van der Waals surface area contributed by atoms with Crippen molar-refractivity contribution in [1.29, 1.82) is 0 Å². The second kappa shape index (κ2) is 8.05. The minimum Gasteiger partial charge on any atom is -0.466 e. The zero-order chi connectivity index (χ0) is 23.1. The Morgan fingerprint density at radius 1 is 1.12 bits per heavy atom. The van der Waals surface area contributed by atoms with Crippen molar-refractivity contribution in [2.24, 2.45) is 0 Å². The molecule has 0 aliphatic carbocycles. The summed E-state index contributed by atoms with van der Waals surface area (Å²) in [6.07, 6.45) is 3.70. The van der Waals surface area contributed by atoms with Crippen LogP contribution in [0.15, 0.2) is 63.8 Å². The molecule has 0 atom stereocenters. The van der Waals surface area contributed by atoms with Gasteiger partial charge in [0.15, 0.2) is 0 Å².